The Hall–Kier alpha value is -3.60. The van der Waals surface area contributed by atoms with E-state index in [1.165, 1.54) is 22.3 Å². The van der Waals surface area contributed by atoms with Crippen molar-refractivity contribution in [1.29, 1.82) is 0 Å². The van der Waals surface area contributed by atoms with Crippen molar-refractivity contribution in [2.75, 3.05) is 0 Å². The van der Waals surface area contributed by atoms with Crippen LogP contribution in [0.1, 0.15) is 35.1 Å². The summed E-state index contributed by atoms with van der Waals surface area (Å²) in [5, 5.41) is 12.2. The predicted octanol–water partition coefficient (Wildman–Crippen LogP) is 4.74. The molecular formula is C25H23NO4. The van der Waals surface area contributed by atoms with Gasteiger partial charge in [-0.15, -0.1) is 0 Å². The molecule has 0 saturated heterocycles. The van der Waals surface area contributed by atoms with Crippen molar-refractivity contribution < 1.29 is 19.4 Å². The molecule has 0 bridgehead atoms. The van der Waals surface area contributed by atoms with Crippen LogP contribution < -0.4 is 5.32 Å². The SMILES string of the molecule is CC(c1ccc2c(c1)Cc1ccccc1-2)C(NC(=O)OCc1ccccc1)C(=O)O. The number of ether oxygens (including phenoxy) is 1. The zero-order valence-electron chi connectivity index (χ0n) is 16.7. The highest BCUT2D eigenvalue weighted by Crippen LogP contribution is 2.38. The highest BCUT2D eigenvalue weighted by molar-refractivity contribution is 5.81. The van der Waals surface area contributed by atoms with Gasteiger partial charge in [0.05, 0.1) is 0 Å². The number of hydrogen-bond acceptors (Lipinski definition) is 3. The maximum Gasteiger partial charge on any atom is 0.408 e. The normalized spacial score (nSPS) is 13.6. The lowest BCUT2D eigenvalue weighted by Gasteiger charge is -2.22. The van der Waals surface area contributed by atoms with Crippen molar-refractivity contribution >= 4 is 12.1 Å². The van der Waals surface area contributed by atoms with Gasteiger partial charge in [0, 0.05) is 5.92 Å². The third-order valence-electron chi connectivity index (χ3n) is 5.60. The zero-order chi connectivity index (χ0) is 21.1. The molecule has 5 heteroatoms. The summed E-state index contributed by atoms with van der Waals surface area (Å²) in [7, 11) is 0. The van der Waals surface area contributed by atoms with Crippen molar-refractivity contribution in [3.05, 3.63) is 95.1 Å². The second-order valence-electron chi connectivity index (χ2n) is 7.56. The van der Waals surface area contributed by atoms with E-state index in [2.05, 4.69) is 17.4 Å². The molecule has 2 atom stereocenters. The molecule has 0 radical (unpaired) electrons. The number of carboxylic acids is 1. The molecule has 30 heavy (non-hydrogen) atoms. The average molecular weight is 401 g/mol. The van der Waals surface area contributed by atoms with Gasteiger partial charge in [-0.3, -0.25) is 0 Å². The van der Waals surface area contributed by atoms with E-state index in [4.69, 9.17) is 4.74 Å². The van der Waals surface area contributed by atoms with Gasteiger partial charge >= 0.3 is 12.1 Å². The van der Waals surface area contributed by atoms with E-state index < -0.39 is 24.0 Å². The zero-order valence-corrected chi connectivity index (χ0v) is 16.7. The third kappa shape index (κ3) is 4.06. The summed E-state index contributed by atoms with van der Waals surface area (Å²) in [6, 6.07) is 22.5. The number of alkyl carbamates (subject to hydrolysis) is 1. The van der Waals surface area contributed by atoms with Crippen LogP contribution in [0.15, 0.2) is 72.8 Å². The molecule has 1 aliphatic carbocycles. The second kappa shape index (κ2) is 8.41. The summed E-state index contributed by atoms with van der Waals surface area (Å²) in [5.74, 6) is -1.51. The van der Waals surface area contributed by atoms with Crippen LogP contribution in [0.25, 0.3) is 11.1 Å². The van der Waals surface area contributed by atoms with Gasteiger partial charge in [0.2, 0.25) is 0 Å². The topological polar surface area (TPSA) is 75.6 Å². The fourth-order valence-electron chi connectivity index (χ4n) is 3.93. The second-order valence-corrected chi connectivity index (χ2v) is 7.56. The van der Waals surface area contributed by atoms with Crippen LogP contribution in [0.4, 0.5) is 4.79 Å². The number of carbonyl (C=O) groups excluding carboxylic acids is 1. The minimum Gasteiger partial charge on any atom is -0.480 e. The van der Waals surface area contributed by atoms with Crippen molar-refractivity contribution in [2.24, 2.45) is 0 Å². The Kier molecular flexibility index (Phi) is 5.53. The van der Waals surface area contributed by atoms with Crippen molar-refractivity contribution in [3.8, 4) is 11.1 Å². The summed E-state index contributed by atoms with van der Waals surface area (Å²) in [6.07, 6.45) is 0.0859. The fraction of sp³-hybridized carbons (Fsp3) is 0.200. The number of hydrogen-bond donors (Lipinski definition) is 2. The number of carboxylic acid groups (broad SMARTS) is 1. The average Bonchev–Trinajstić information content (AvgIpc) is 3.14. The van der Waals surface area contributed by atoms with Gasteiger partial charge in [0.1, 0.15) is 12.6 Å². The summed E-state index contributed by atoms with van der Waals surface area (Å²) in [6.45, 7) is 1.89. The lowest BCUT2D eigenvalue weighted by atomic mass is 9.90. The first kappa shape index (κ1) is 19.7. The molecule has 3 aromatic carbocycles. The van der Waals surface area contributed by atoms with Crippen LogP contribution in [-0.4, -0.2) is 23.2 Å². The Balaban J connectivity index is 1.46. The summed E-state index contributed by atoms with van der Waals surface area (Å²) in [4.78, 5) is 24.1. The lowest BCUT2D eigenvalue weighted by Crippen LogP contribution is -2.44. The van der Waals surface area contributed by atoms with E-state index in [-0.39, 0.29) is 6.61 Å². The monoisotopic (exact) mass is 401 g/mol. The number of carbonyl (C=O) groups is 2. The Bertz CT molecular complexity index is 1080. The molecule has 0 spiro atoms. The van der Waals surface area contributed by atoms with Crippen molar-refractivity contribution in [1.82, 2.24) is 5.32 Å². The molecule has 0 aromatic heterocycles. The Morgan fingerprint density at radius 2 is 1.67 bits per heavy atom. The Morgan fingerprint density at radius 3 is 2.43 bits per heavy atom. The number of fused-ring (bicyclic) bond motifs is 3. The number of rotatable bonds is 6. The number of aliphatic carboxylic acids is 1. The summed E-state index contributed by atoms with van der Waals surface area (Å²) < 4.78 is 5.20. The molecule has 5 nitrogen and oxygen atoms in total. The molecule has 1 amide bonds. The van der Waals surface area contributed by atoms with Crippen molar-refractivity contribution in [3.63, 3.8) is 0 Å². The molecule has 1 aliphatic rings. The molecule has 2 N–H and O–H groups in total. The highest BCUT2D eigenvalue weighted by atomic mass is 16.5. The maximum absolute atomic E-state index is 12.2. The van der Waals surface area contributed by atoms with Gasteiger partial charge in [0.15, 0.2) is 0 Å². The van der Waals surface area contributed by atoms with E-state index in [0.29, 0.717) is 0 Å². The van der Waals surface area contributed by atoms with Gasteiger partial charge in [-0.1, -0.05) is 79.7 Å². The molecule has 0 fully saturated rings. The molecule has 0 heterocycles. The first-order valence-corrected chi connectivity index (χ1v) is 9.94. The van der Waals surface area contributed by atoms with Gasteiger partial charge < -0.3 is 15.2 Å². The molecule has 2 unspecified atom stereocenters. The number of nitrogens with one attached hydrogen (secondary N) is 1. The minimum absolute atomic E-state index is 0.0878. The molecule has 0 aliphatic heterocycles. The van der Waals surface area contributed by atoms with E-state index in [0.717, 1.165) is 17.5 Å². The fourth-order valence-corrected chi connectivity index (χ4v) is 3.93. The maximum atomic E-state index is 12.2. The van der Waals surface area contributed by atoms with Gasteiger partial charge in [-0.05, 0) is 39.8 Å². The van der Waals surface area contributed by atoms with Crippen LogP contribution in [0.5, 0.6) is 0 Å². The van der Waals surface area contributed by atoms with Gasteiger partial charge in [0.25, 0.3) is 0 Å². The van der Waals surface area contributed by atoms with E-state index in [9.17, 15) is 14.7 Å². The predicted molar refractivity (Wildman–Crippen MR) is 114 cm³/mol. The third-order valence-corrected chi connectivity index (χ3v) is 5.60. The first-order chi connectivity index (χ1) is 14.5. The Labute approximate surface area is 175 Å². The first-order valence-electron chi connectivity index (χ1n) is 9.94. The quantitative estimate of drug-likeness (QED) is 0.489. The van der Waals surface area contributed by atoms with Crippen molar-refractivity contribution in [2.45, 2.75) is 31.9 Å². The highest BCUT2D eigenvalue weighted by Gasteiger charge is 2.29. The lowest BCUT2D eigenvalue weighted by molar-refractivity contribution is -0.139. The number of benzene rings is 3. The van der Waals surface area contributed by atoms with Crippen LogP contribution in [0.3, 0.4) is 0 Å². The number of amides is 1. The van der Waals surface area contributed by atoms with E-state index in [1.807, 2.05) is 60.7 Å². The summed E-state index contributed by atoms with van der Waals surface area (Å²) in [5.41, 5.74) is 6.57. The van der Waals surface area contributed by atoms with Gasteiger partial charge in [-0.2, -0.15) is 0 Å². The Morgan fingerprint density at radius 1 is 0.967 bits per heavy atom. The van der Waals surface area contributed by atoms with Crippen LogP contribution >= 0.6 is 0 Å². The minimum atomic E-state index is -1.09. The standard InChI is InChI=1S/C25H23NO4/c1-16(18-11-12-22-20(13-18)14-19-9-5-6-10-21(19)22)23(24(27)28)26-25(29)30-15-17-7-3-2-4-8-17/h2-13,16,23H,14-15H2,1H3,(H,26,29)(H,27,28). The molecular weight excluding hydrogens is 378 g/mol. The van der Waals surface area contributed by atoms with E-state index >= 15 is 0 Å². The largest absolute Gasteiger partial charge is 0.480 e. The van der Waals surface area contributed by atoms with Crippen LogP contribution in [0.2, 0.25) is 0 Å². The van der Waals surface area contributed by atoms with Crippen LogP contribution in [0, 0.1) is 0 Å². The molecule has 4 rings (SSSR count). The van der Waals surface area contributed by atoms with Gasteiger partial charge in [-0.25, -0.2) is 9.59 Å². The van der Waals surface area contributed by atoms with Crippen LogP contribution in [-0.2, 0) is 22.6 Å². The molecule has 152 valence electrons. The summed E-state index contributed by atoms with van der Waals surface area (Å²) >= 11 is 0. The smallest absolute Gasteiger partial charge is 0.408 e. The molecule has 0 saturated carbocycles. The molecule has 3 aromatic rings. The van der Waals surface area contributed by atoms with E-state index in [1.54, 1.807) is 6.92 Å².